The second-order valence-corrected chi connectivity index (χ2v) is 6.74. The van der Waals surface area contributed by atoms with Crippen LogP contribution in [-0.2, 0) is 19.6 Å². The van der Waals surface area contributed by atoms with Crippen LogP contribution in [0.1, 0.15) is 16.7 Å². The molecule has 0 radical (unpaired) electrons. The van der Waals surface area contributed by atoms with Crippen LogP contribution in [0.25, 0.3) is 0 Å². The number of benzene rings is 3. The summed E-state index contributed by atoms with van der Waals surface area (Å²) in [6.07, 6.45) is 2.06. The van der Waals surface area contributed by atoms with Gasteiger partial charge >= 0.3 is 0 Å². The first-order valence-electron chi connectivity index (χ1n) is 8.87. The number of quaternary nitrogens is 1. The Kier molecular flexibility index (Phi) is 5.81. The Labute approximate surface area is 151 Å². The number of nitrogens with zero attached hydrogens (tertiary/aromatic N) is 1. The summed E-state index contributed by atoms with van der Waals surface area (Å²) in [4.78, 5) is 0. The summed E-state index contributed by atoms with van der Waals surface area (Å²) in [6, 6.07) is 32.4. The van der Waals surface area contributed by atoms with Crippen molar-refractivity contribution in [3.05, 3.63) is 120 Å². The van der Waals surface area contributed by atoms with Gasteiger partial charge < -0.3 is 4.48 Å². The minimum Gasteiger partial charge on any atom is -0.309 e. The molecule has 0 amide bonds. The van der Waals surface area contributed by atoms with E-state index in [1.54, 1.807) is 0 Å². The van der Waals surface area contributed by atoms with Crippen LogP contribution >= 0.6 is 0 Å². The van der Waals surface area contributed by atoms with E-state index in [1.165, 1.54) is 16.7 Å². The number of rotatable bonds is 8. The third-order valence-corrected chi connectivity index (χ3v) is 4.60. The predicted molar refractivity (Wildman–Crippen MR) is 106 cm³/mol. The molecule has 0 atom stereocenters. The molecule has 0 aliphatic heterocycles. The topological polar surface area (TPSA) is 0 Å². The van der Waals surface area contributed by atoms with Gasteiger partial charge in [-0.3, -0.25) is 0 Å². The van der Waals surface area contributed by atoms with Crippen molar-refractivity contribution in [1.29, 1.82) is 0 Å². The standard InChI is InChI=1S/C24H26N/c1-2-18-25(19-22-12-6-3-7-13-22,20-23-14-8-4-9-15-23)21-24-16-10-5-11-17-24/h2-17H,1,18-21H2/q+1. The van der Waals surface area contributed by atoms with Gasteiger partial charge in [0, 0.05) is 16.7 Å². The van der Waals surface area contributed by atoms with Gasteiger partial charge in [-0.15, -0.1) is 0 Å². The van der Waals surface area contributed by atoms with E-state index in [0.717, 1.165) is 30.7 Å². The highest BCUT2D eigenvalue weighted by molar-refractivity contribution is 5.17. The molecule has 126 valence electrons. The monoisotopic (exact) mass is 328 g/mol. The van der Waals surface area contributed by atoms with E-state index >= 15 is 0 Å². The lowest BCUT2D eigenvalue weighted by molar-refractivity contribution is -0.961. The van der Waals surface area contributed by atoms with Crippen molar-refractivity contribution in [2.75, 3.05) is 6.54 Å². The first-order chi connectivity index (χ1) is 12.3. The summed E-state index contributed by atoms with van der Waals surface area (Å²) in [5.41, 5.74) is 4.11. The molecule has 0 unspecified atom stereocenters. The fourth-order valence-electron chi connectivity index (χ4n) is 3.55. The first kappa shape index (κ1) is 17.2. The molecule has 0 fully saturated rings. The highest BCUT2D eigenvalue weighted by atomic mass is 15.3. The van der Waals surface area contributed by atoms with Crippen molar-refractivity contribution >= 4 is 0 Å². The summed E-state index contributed by atoms with van der Waals surface area (Å²) >= 11 is 0. The van der Waals surface area contributed by atoms with E-state index < -0.39 is 0 Å². The molecule has 0 aliphatic carbocycles. The molecular weight excluding hydrogens is 302 g/mol. The van der Waals surface area contributed by atoms with Crippen molar-refractivity contribution in [3.8, 4) is 0 Å². The minimum absolute atomic E-state index is 0.943. The van der Waals surface area contributed by atoms with Gasteiger partial charge in [-0.25, -0.2) is 0 Å². The number of hydrogen-bond acceptors (Lipinski definition) is 0. The normalized spacial score (nSPS) is 11.2. The van der Waals surface area contributed by atoms with Crippen LogP contribution in [0.2, 0.25) is 0 Å². The van der Waals surface area contributed by atoms with Crippen LogP contribution in [0.5, 0.6) is 0 Å². The molecule has 0 spiro atoms. The first-order valence-corrected chi connectivity index (χ1v) is 8.87. The summed E-state index contributed by atoms with van der Waals surface area (Å²) in [5, 5.41) is 0. The molecule has 0 saturated heterocycles. The van der Waals surface area contributed by atoms with E-state index in [0.29, 0.717) is 0 Å². The Bertz CT molecular complexity index is 662. The van der Waals surface area contributed by atoms with Crippen LogP contribution in [0, 0.1) is 0 Å². The average molecular weight is 328 g/mol. The lowest BCUT2D eigenvalue weighted by Crippen LogP contribution is -2.45. The predicted octanol–water partition coefficient (Wildman–Crippen LogP) is 5.59. The second-order valence-electron chi connectivity index (χ2n) is 6.74. The SMILES string of the molecule is C=CC[N+](Cc1ccccc1)(Cc1ccccc1)Cc1ccccc1. The van der Waals surface area contributed by atoms with Crippen LogP contribution in [0.15, 0.2) is 104 Å². The molecule has 3 rings (SSSR count). The van der Waals surface area contributed by atoms with Crippen molar-refractivity contribution < 1.29 is 4.48 Å². The van der Waals surface area contributed by atoms with E-state index in [4.69, 9.17) is 0 Å². The van der Waals surface area contributed by atoms with E-state index in [1.807, 2.05) is 0 Å². The molecule has 0 aromatic heterocycles. The maximum atomic E-state index is 4.05. The summed E-state index contributed by atoms with van der Waals surface area (Å²) in [6.45, 7) is 7.99. The third-order valence-electron chi connectivity index (χ3n) is 4.60. The van der Waals surface area contributed by atoms with E-state index in [-0.39, 0.29) is 0 Å². The zero-order valence-electron chi connectivity index (χ0n) is 14.7. The van der Waals surface area contributed by atoms with Gasteiger partial charge in [0.05, 0.1) is 6.54 Å². The lowest BCUT2D eigenvalue weighted by atomic mass is 10.1. The minimum atomic E-state index is 0.943. The fraction of sp³-hybridized carbons (Fsp3) is 0.167. The second kappa shape index (κ2) is 8.46. The maximum absolute atomic E-state index is 4.05. The van der Waals surface area contributed by atoms with Crippen LogP contribution in [0.4, 0.5) is 0 Å². The Morgan fingerprint density at radius 2 is 0.880 bits per heavy atom. The summed E-state index contributed by atoms with van der Waals surface area (Å²) < 4.78 is 0.946. The van der Waals surface area contributed by atoms with Gasteiger partial charge in [0.1, 0.15) is 19.6 Å². The molecule has 3 aromatic rings. The van der Waals surface area contributed by atoms with Gasteiger partial charge in [0.15, 0.2) is 0 Å². The lowest BCUT2D eigenvalue weighted by Gasteiger charge is -2.38. The van der Waals surface area contributed by atoms with E-state index in [9.17, 15) is 0 Å². The quantitative estimate of drug-likeness (QED) is 0.373. The van der Waals surface area contributed by atoms with Gasteiger partial charge in [-0.2, -0.15) is 0 Å². The third kappa shape index (κ3) is 4.91. The van der Waals surface area contributed by atoms with Crippen molar-refractivity contribution in [2.45, 2.75) is 19.6 Å². The molecule has 3 aromatic carbocycles. The Morgan fingerprint density at radius 1 is 0.560 bits per heavy atom. The van der Waals surface area contributed by atoms with Gasteiger partial charge in [-0.05, 0) is 6.08 Å². The van der Waals surface area contributed by atoms with E-state index in [2.05, 4.69) is 104 Å². The Balaban J connectivity index is 1.95. The highest BCUT2D eigenvalue weighted by Gasteiger charge is 2.27. The molecular formula is C24H26N+. The largest absolute Gasteiger partial charge is 0.309 e. The molecule has 0 saturated carbocycles. The van der Waals surface area contributed by atoms with Crippen LogP contribution in [0.3, 0.4) is 0 Å². The van der Waals surface area contributed by atoms with Crippen molar-refractivity contribution in [2.24, 2.45) is 0 Å². The number of hydrogen-bond donors (Lipinski definition) is 0. The average Bonchev–Trinajstić information content (AvgIpc) is 2.64. The van der Waals surface area contributed by atoms with Gasteiger partial charge in [-0.1, -0.05) is 97.6 Å². The smallest absolute Gasteiger partial charge is 0.105 e. The Hall–Kier alpha value is -2.64. The molecule has 0 aliphatic rings. The van der Waals surface area contributed by atoms with Crippen molar-refractivity contribution in [1.82, 2.24) is 0 Å². The molecule has 1 nitrogen and oxygen atoms in total. The molecule has 25 heavy (non-hydrogen) atoms. The zero-order valence-corrected chi connectivity index (χ0v) is 14.7. The molecule has 0 N–H and O–H groups in total. The van der Waals surface area contributed by atoms with Gasteiger partial charge in [0.25, 0.3) is 0 Å². The molecule has 0 bridgehead atoms. The zero-order chi connectivity index (χ0) is 17.4. The molecule has 1 heteroatoms. The Morgan fingerprint density at radius 3 is 1.16 bits per heavy atom. The van der Waals surface area contributed by atoms with Crippen LogP contribution < -0.4 is 0 Å². The fourth-order valence-corrected chi connectivity index (χ4v) is 3.55. The van der Waals surface area contributed by atoms with Gasteiger partial charge in [0.2, 0.25) is 0 Å². The molecule has 0 heterocycles. The van der Waals surface area contributed by atoms with Crippen LogP contribution in [-0.4, -0.2) is 11.0 Å². The summed E-state index contributed by atoms with van der Waals surface area (Å²) in [7, 11) is 0. The maximum Gasteiger partial charge on any atom is 0.105 e. The van der Waals surface area contributed by atoms with Crippen molar-refractivity contribution in [3.63, 3.8) is 0 Å². The highest BCUT2D eigenvalue weighted by Crippen LogP contribution is 2.24. The summed E-state index contributed by atoms with van der Waals surface area (Å²) in [5.74, 6) is 0.